The molecule has 0 aromatic heterocycles. The van der Waals surface area contributed by atoms with Crippen LogP contribution in [0, 0.1) is 11.3 Å². The number of nitrogens with zero attached hydrogens (tertiary/aromatic N) is 1. The molecule has 0 aliphatic carbocycles. The van der Waals surface area contributed by atoms with Crippen molar-refractivity contribution in [2.45, 2.75) is 19.1 Å². The highest BCUT2D eigenvalue weighted by molar-refractivity contribution is 4.70. The van der Waals surface area contributed by atoms with Gasteiger partial charge in [-0.1, -0.05) is 0 Å². The van der Waals surface area contributed by atoms with Crippen LogP contribution in [0.1, 0.15) is 12.8 Å². The van der Waals surface area contributed by atoms with Crippen molar-refractivity contribution in [3.05, 3.63) is 0 Å². The molecule has 0 saturated carbocycles. The largest absolute Gasteiger partial charge is 0.350 e. The molecular weight excluding hydrogens is 122 g/mol. The van der Waals surface area contributed by atoms with Crippen molar-refractivity contribution in [1.29, 1.82) is 5.26 Å². The molecule has 0 N–H and O–H groups in total. The first-order chi connectivity index (χ1) is 4.43. The zero-order valence-corrected chi connectivity index (χ0v) is 5.17. The van der Waals surface area contributed by atoms with Crippen LogP contribution in [-0.2, 0) is 9.47 Å². The molecule has 1 aliphatic rings. The minimum absolute atomic E-state index is 0.107. The number of rotatable bonds is 2. The lowest BCUT2D eigenvalue weighted by molar-refractivity contribution is -0.0454. The second-order valence-corrected chi connectivity index (χ2v) is 1.87. The lowest BCUT2D eigenvalue weighted by atomic mass is 10.8. The maximum atomic E-state index is 8.17. The van der Waals surface area contributed by atoms with E-state index in [0.29, 0.717) is 26.1 Å². The van der Waals surface area contributed by atoms with E-state index in [0.717, 1.165) is 0 Å². The second kappa shape index (κ2) is 3.44. The van der Waals surface area contributed by atoms with Gasteiger partial charge >= 0.3 is 0 Å². The quantitative estimate of drug-likeness (QED) is 0.517. The van der Waals surface area contributed by atoms with Gasteiger partial charge in [0.2, 0.25) is 0 Å². The lowest BCUT2D eigenvalue weighted by Gasteiger charge is -2.03. The van der Waals surface area contributed by atoms with Crippen LogP contribution in [-0.4, -0.2) is 19.5 Å². The molecule has 1 fully saturated rings. The molecule has 0 unspecified atom stereocenters. The molecule has 1 aliphatic heterocycles. The van der Waals surface area contributed by atoms with Crippen LogP contribution in [0.2, 0.25) is 0 Å². The molecule has 1 rings (SSSR count). The number of hydrogen-bond donors (Lipinski definition) is 0. The summed E-state index contributed by atoms with van der Waals surface area (Å²) in [5.74, 6) is 0. The van der Waals surface area contributed by atoms with Crippen molar-refractivity contribution in [3.63, 3.8) is 0 Å². The van der Waals surface area contributed by atoms with Crippen LogP contribution in [0.5, 0.6) is 0 Å². The van der Waals surface area contributed by atoms with Gasteiger partial charge in [0, 0.05) is 12.8 Å². The highest BCUT2D eigenvalue weighted by Crippen LogP contribution is 2.08. The average molecular weight is 131 g/mol. The predicted octanol–water partition coefficient (Wildman–Crippen LogP) is 0.663. The Hall–Kier alpha value is -0.590. The van der Waals surface area contributed by atoms with E-state index in [2.05, 4.69) is 0 Å². The molecule has 0 spiro atoms. The van der Waals surface area contributed by atoms with Gasteiger partial charge in [0.15, 0.2) is 6.29 Å². The van der Waals surface area contributed by atoms with Gasteiger partial charge in [-0.05, 0) is 0 Å². The van der Waals surface area contributed by atoms with Crippen molar-refractivity contribution < 1.29 is 9.47 Å². The molecule has 0 bridgehead atoms. The van der Waals surface area contributed by atoms with Crippen molar-refractivity contribution in [3.8, 4) is 6.07 Å². The Morgan fingerprint density at radius 3 is 2.67 bits per heavy atom. The Bertz CT molecular complexity index is 113. The van der Waals surface area contributed by atoms with Gasteiger partial charge in [-0.3, -0.25) is 0 Å². The van der Waals surface area contributed by atoms with E-state index in [1.165, 1.54) is 0 Å². The van der Waals surface area contributed by atoms with E-state index < -0.39 is 0 Å². The Kier molecular flexibility index (Phi) is 2.49. The maximum absolute atomic E-state index is 8.17. The molecule has 0 aromatic rings. The summed E-state index contributed by atoms with van der Waals surface area (Å²) in [5.41, 5.74) is 0. The fourth-order valence-corrected chi connectivity index (χ4v) is 0.756. The van der Waals surface area contributed by atoms with Crippen LogP contribution in [0.15, 0.2) is 0 Å². The Balaban J connectivity index is 2.06. The number of nitriles is 1. The van der Waals surface area contributed by atoms with Gasteiger partial charge in [-0.2, -0.15) is 5.26 Å². The van der Waals surface area contributed by atoms with E-state index >= 15 is 0 Å². The van der Waals surface area contributed by atoms with Gasteiger partial charge in [-0.25, -0.2) is 0 Å². The highest BCUT2D eigenvalue weighted by Gasteiger charge is 2.14. The topological polar surface area (TPSA) is 42.2 Å². The summed E-state index contributed by atoms with van der Waals surface area (Å²) in [6.45, 7) is 1.35. The lowest BCUT2D eigenvalue weighted by Crippen LogP contribution is -2.05. The average Bonchev–Trinajstić information content (AvgIpc) is 2.34. The first-order valence-corrected chi connectivity index (χ1v) is 3.03. The van der Waals surface area contributed by atoms with Crippen LogP contribution in [0.3, 0.4) is 0 Å². The normalized spacial score (nSPS) is 19.9. The van der Waals surface area contributed by atoms with E-state index in [-0.39, 0.29) is 6.29 Å². The first kappa shape index (κ1) is 6.53. The molecule has 0 aromatic carbocycles. The minimum atomic E-state index is -0.107. The summed E-state index contributed by atoms with van der Waals surface area (Å²) < 4.78 is 10.2. The van der Waals surface area contributed by atoms with Crippen molar-refractivity contribution in [2.75, 3.05) is 13.2 Å². The predicted molar refractivity (Wildman–Crippen MR) is 30.5 cm³/mol. The fourth-order valence-electron chi connectivity index (χ4n) is 0.756. The van der Waals surface area contributed by atoms with Gasteiger partial charge in [0.1, 0.15) is 0 Å². The third kappa shape index (κ3) is 2.00. The molecule has 3 nitrogen and oxygen atoms in total. The summed E-state index contributed by atoms with van der Waals surface area (Å²) in [6, 6.07) is 2.03. The van der Waals surface area contributed by atoms with Crippen molar-refractivity contribution >= 4 is 0 Å². The van der Waals surface area contributed by atoms with Gasteiger partial charge in [0.05, 0.1) is 19.3 Å². The molecule has 3 heteroatoms. The van der Waals surface area contributed by atoms with Gasteiger partial charge < -0.3 is 9.47 Å². The number of ether oxygens (including phenoxy) is 2. The SMILES string of the molecule is N#[13C][13CH2][13CH2][13CH]1OCCO1. The maximum Gasteiger partial charge on any atom is 0.158 e. The van der Waals surface area contributed by atoms with Crippen LogP contribution < -0.4 is 0 Å². The Morgan fingerprint density at radius 2 is 2.11 bits per heavy atom. The third-order valence-electron chi connectivity index (χ3n) is 1.18. The van der Waals surface area contributed by atoms with Crippen LogP contribution >= 0.6 is 0 Å². The molecular formula is C6H9NO2. The first-order valence-electron chi connectivity index (χ1n) is 3.03. The van der Waals surface area contributed by atoms with E-state index in [9.17, 15) is 0 Å². The zero-order chi connectivity index (χ0) is 6.53. The molecule has 50 valence electrons. The van der Waals surface area contributed by atoms with Crippen LogP contribution in [0.4, 0.5) is 0 Å². The molecule has 9 heavy (non-hydrogen) atoms. The Morgan fingerprint density at radius 1 is 1.44 bits per heavy atom. The van der Waals surface area contributed by atoms with E-state index in [4.69, 9.17) is 14.7 Å². The van der Waals surface area contributed by atoms with Crippen molar-refractivity contribution in [1.82, 2.24) is 0 Å². The molecule has 1 heterocycles. The van der Waals surface area contributed by atoms with E-state index in [1.807, 2.05) is 6.07 Å². The van der Waals surface area contributed by atoms with E-state index in [1.54, 1.807) is 0 Å². The number of hydrogen-bond acceptors (Lipinski definition) is 3. The second-order valence-electron chi connectivity index (χ2n) is 1.87. The molecule has 0 radical (unpaired) electrons. The summed E-state index contributed by atoms with van der Waals surface area (Å²) in [6.07, 6.45) is 1.12. The highest BCUT2D eigenvalue weighted by atomic mass is 16.8. The third-order valence-corrected chi connectivity index (χ3v) is 1.18. The molecule has 0 atom stereocenters. The summed E-state index contributed by atoms with van der Waals surface area (Å²) in [5, 5.41) is 8.17. The van der Waals surface area contributed by atoms with Crippen LogP contribution in [0.25, 0.3) is 0 Å². The minimum Gasteiger partial charge on any atom is -0.350 e. The fraction of sp³-hybridized carbons (Fsp3) is 0.833. The summed E-state index contributed by atoms with van der Waals surface area (Å²) >= 11 is 0. The zero-order valence-electron chi connectivity index (χ0n) is 5.17. The summed E-state index contributed by atoms with van der Waals surface area (Å²) in [4.78, 5) is 0. The standard InChI is InChI=1S/C6H9NO2/c7-3-1-2-6-8-4-5-9-6/h6H,1-2,4-5H2/i1+1,2+1,3+1,6+1. The van der Waals surface area contributed by atoms with Crippen molar-refractivity contribution in [2.24, 2.45) is 0 Å². The Labute approximate surface area is 54.2 Å². The molecule has 1 saturated heterocycles. The van der Waals surface area contributed by atoms with Gasteiger partial charge in [0.25, 0.3) is 0 Å². The monoisotopic (exact) mass is 131 g/mol. The molecule has 0 amide bonds. The van der Waals surface area contributed by atoms with Gasteiger partial charge in [-0.15, -0.1) is 0 Å². The smallest absolute Gasteiger partial charge is 0.158 e. The summed E-state index contributed by atoms with van der Waals surface area (Å²) in [7, 11) is 0.